The number of aromatic carboxylic acids is 2. The third-order valence-electron chi connectivity index (χ3n) is 5.81. The number of rotatable bonds is 5. The van der Waals surface area contributed by atoms with Crippen molar-refractivity contribution in [1.29, 1.82) is 0 Å². The van der Waals surface area contributed by atoms with E-state index in [0.717, 1.165) is 6.07 Å². The van der Waals surface area contributed by atoms with Crippen LogP contribution in [0.2, 0.25) is 0 Å². The van der Waals surface area contributed by atoms with E-state index in [4.69, 9.17) is 0 Å². The second-order valence-electron chi connectivity index (χ2n) is 7.83. The predicted molar refractivity (Wildman–Crippen MR) is 118 cm³/mol. The molecule has 0 radical (unpaired) electrons. The van der Waals surface area contributed by atoms with E-state index in [1.54, 1.807) is 0 Å². The molecule has 0 aliphatic heterocycles. The quantitative estimate of drug-likeness (QED) is 0.145. The number of phenolic OH excluding ortho intramolecular Hbond substituents is 4. The van der Waals surface area contributed by atoms with Gasteiger partial charge in [0.15, 0.2) is 23.1 Å². The number of aliphatic hydroxyl groups is 1. The zero-order chi connectivity index (χ0) is 26.6. The van der Waals surface area contributed by atoms with Gasteiger partial charge in [-0.1, -0.05) is 6.07 Å². The van der Waals surface area contributed by atoms with Crippen molar-refractivity contribution in [3.63, 3.8) is 0 Å². The zero-order valence-corrected chi connectivity index (χ0v) is 17.9. The molecule has 3 aromatic carbocycles. The Balaban J connectivity index is 2.11. The molecule has 0 saturated heterocycles. The first kappa shape index (κ1) is 24.0. The highest BCUT2D eigenvalue weighted by atomic mass is 16.4. The monoisotopic (exact) mass is 496 g/mol. The van der Waals surface area contributed by atoms with Crippen LogP contribution in [0.3, 0.4) is 0 Å². The first-order valence-electron chi connectivity index (χ1n) is 10.1. The lowest BCUT2D eigenvalue weighted by molar-refractivity contribution is 0.0646. The molecule has 0 unspecified atom stereocenters. The maximum absolute atomic E-state index is 13.4. The number of carbonyl (C=O) groups excluding carboxylic acids is 2. The molecule has 0 atom stereocenters. The van der Waals surface area contributed by atoms with Crippen molar-refractivity contribution in [3.8, 4) is 39.9 Å². The summed E-state index contributed by atoms with van der Waals surface area (Å²) < 4.78 is 0. The largest absolute Gasteiger partial charge is 0.507 e. The Morgan fingerprint density at radius 3 is 1.81 bits per heavy atom. The number of carbonyl (C=O) groups is 4. The normalized spacial score (nSPS) is 12.2. The number of phenols is 5. The molecule has 0 amide bonds. The van der Waals surface area contributed by atoms with E-state index in [1.807, 2.05) is 0 Å². The van der Waals surface area contributed by atoms with Gasteiger partial charge < -0.3 is 40.9 Å². The van der Waals surface area contributed by atoms with Crippen LogP contribution in [-0.2, 0) is 6.42 Å². The number of hydrogen-bond donors (Lipinski definition) is 8. The second kappa shape index (κ2) is 8.29. The highest BCUT2D eigenvalue weighted by Gasteiger charge is 2.43. The highest BCUT2D eigenvalue weighted by Crippen LogP contribution is 2.53. The average Bonchev–Trinajstić information content (AvgIpc) is 2.80. The Hall–Kier alpha value is -5.10. The summed E-state index contributed by atoms with van der Waals surface area (Å²) in [6.45, 7) is -0.294. The lowest BCUT2D eigenvalue weighted by atomic mass is 9.77. The van der Waals surface area contributed by atoms with E-state index < -0.39 is 91.2 Å². The number of aliphatic hydroxyl groups excluding tert-OH is 1. The minimum absolute atomic E-state index is 0.0972. The Labute approximate surface area is 200 Å². The third kappa shape index (κ3) is 3.27. The molecule has 8 N–H and O–H groups in total. The van der Waals surface area contributed by atoms with E-state index in [2.05, 4.69) is 0 Å². The van der Waals surface area contributed by atoms with Crippen LogP contribution >= 0.6 is 0 Å². The van der Waals surface area contributed by atoms with Gasteiger partial charge in [-0.25, -0.2) is 9.59 Å². The fraction of sp³-hybridized carbons (Fsp3) is 0.0833. The molecule has 0 saturated carbocycles. The lowest BCUT2D eigenvalue weighted by Crippen LogP contribution is -2.26. The van der Waals surface area contributed by atoms with Crippen molar-refractivity contribution < 1.29 is 60.0 Å². The van der Waals surface area contributed by atoms with Crippen LogP contribution in [0, 0.1) is 0 Å². The van der Waals surface area contributed by atoms with Crippen molar-refractivity contribution in [3.05, 3.63) is 63.2 Å². The summed E-state index contributed by atoms with van der Waals surface area (Å²) in [4.78, 5) is 50.1. The highest BCUT2D eigenvalue weighted by molar-refractivity contribution is 6.34. The number of ketones is 2. The fourth-order valence-corrected chi connectivity index (χ4v) is 4.25. The Morgan fingerprint density at radius 2 is 1.22 bits per heavy atom. The number of carboxylic acid groups (broad SMARTS) is 2. The van der Waals surface area contributed by atoms with E-state index in [0.29, 0.717) is 11.6 Å². The van der Waals surface area contributed by atoms with Crippen LogP contribution in [0.25, 0.3) is 11.1 Å². The standard InChI is InChI=1S/C24H16O12/c25-4-3-7-1-2-10(26)8(5-7)13-20(30)17-16(22(32)21(13)31)18(28)9-6-11(27)14(23(33)34)15(24(35)36)12(9)19(17)29/h1-2,5-6,25-27,30-32H,3-4H2,(H,33,34)(H,35,36). The Bertz CT molecular complexity index is 1530. The number of carboxylic acids is 2. The topological polar surface area (TPSA) is 230 Å². The Morgan fingerprint density at radius 1 is 0.639 bits per heavy atom. The SMILES string of the molecule is O=C(O)c1c(O)cc2c(c1C(=O)O)C(=O)c1c(O)c(-c3cc(CCO)ccc3O)c(O)c(O)c1C2=O. The molecule has 1 aliphatic rings. The van der Waals surface area contributed by atoms with Gasteiger partial charge >= 0.3 is 11.9 Å². The van der Waals surface area contributed by atoms with Gasteiger partial charge in [0.25, 0.3) is 0 Å². The summed E-state index contributed by atoms with van der Waals surface area (Å²) in [5.41, 5.74) is -6.56. The first-order valence-corrected chi connectivity index (χ1v) is 10.1. The second-order valence-corrected chi connectivity index (χ2v) is 7.83. The van der Waals surface area contributed by atoms with Crippen molar-refractivity contribution in [1.82, 2.24) is 0 Å². The molecular weight excluding hydrogens is 480 g/mol. The molecule has 0 bridgehead atoms. The van der Waals surface area contributed by atoms with Crippen molar-refractivity contribution in [2.45, 2.75) is 6.42 Å². The maximum atomic E-state index is 13.4. The maximum Gasteiger partial charge on any atom is 0.340 e. The first-order chi connectivity index (χ1) is 16.9. The molecule has 0 heterocycles. The molecule has 0 aromatic heterocycles. The molecule has 0 spiro atoms. The third-order valence-corrected chi connectivity index (χ3v) is 5.81. The van der Waals surface area contributed by atoms with Gasteiger partial charge in [-0.3, -0.25) is 9.59 Å². The number of fused-ring (bicyclic) bond motifs is 2. The summed E-state index contributed by atoms with van der Waals surface area (Å²) in [6.07, 6.45) is 0.0972. The summed E-state index contributed by atoms with van der Waals surface area (Å²) in [6, 6.07) is 4.35. The van der Waals surface area contributed by atoms with Crippen LogP contribution in [0.5, 0.6) is 28.7 Å². The van der Waals surface area contributed by atoms with Gasteiger partial charge in [-0.2, -0.15) is 0 Å². The molecule has 12 nitrogen and oxygen atoms in total. The van der Waals surface area contributed by atoms with Gasteiger partial charge in [-0.05, 0) is 30.2 Å². The zero-order valence-electron chi connectivity index (χ0n) is 17.9. The van der Waals surface area contributed by atoms with E-state index in [9.17, 15) is 60.0 Å². The minimum atomic E-state index is -1.97. The summed E-state index contributed by atoms with van der Waals surface area (Å²) >= 11 is 0. The van der Waals surface area contributed by atoms with E-state index in [1.165, 1.54) is 12.1 Å². The number of aromatic hydroxyl groups is 5. The Kier molecular flexibility index (Phi) is 5.53. The van der Waals surface area contributed by atoms with Gasteiger partial charge in [0.1, 0.15) is 22.8 Å². The molecular formula is C24H16O12. The molecule has 1 aliphatic carbocycles. The smallest absolute Gasteiger partial charge is 0.340 e. The van der Waals surface area contributed by atoms with Crippen LogP contribution in [0.15, 0.2) is 24.3 Å². The minimum Gasteiger partial charge on any atom is -0.507 e. The average molecular weight is 496 g/mol. The summed E-state index contributed by atoms with van der Waals surface area (Å²) in [7, 11) is 0. The van der Waals surface area contributed by atoms with E-state index >= 15 is 0 Å². The number of benzene rings is 3. The van der Waals surface area contributed by atoms with Crippen molar-refractivity contribution >= 4 is 23.5 Å². The van der Waals surface area contributed by atoms with Crippen LogP contribution in [0.4, 0.5) is 0 Å². The van der Waals surface area contributed by atoms with Crippen LogP contribution < -0.4 is 0 Å². The van der Waals surface area contributed by atoms with Crippen LogP contribution in [0.1, 0.15) is 58.1 Å². The van der Waals surface area contributed by atoms with Gasteiger partial charge in [-0.15, -0.1) is 0 Å². The lowest BCUT2D eigenvalue weighted by Gasteiger charge is -2.24. The van der Waals surface area contributed by atoms with Crippen molar-refractivity contribution in [2.75, 3.05) is 6.61 Å². The predicted octanol–water partition coefficient (Wildman–Crippen LogP) is 1.59. The molecule has 0 fully saturated rings. The van der Waals surface area contributed by atoms with Crippen molar-refractivity contribution in [2.24, 2.45) is 0 Å². The summed E-state index contributed by atoms with van der Waals surface area (Å²) in [5, 5.41) is 80.9. The molecule has 4 rings (SSSR count). The number of hydrogen-bond acceptors (Lipinski definition) is 10. The van der Waals surface area contributed by atoms with Crippen LogP contribution in [-0.4, -0.2) is 71.0 Å². The molecule has 3 aromatic rings. The molecule has 12 heteroatoms. The van der Waals surface area contributed by atoms with Gasteiger partial charge in [0, 0.05) is 23.3 Å². The molecule has 36 heavy (non-hydrogen) atoms. The van der Waals surface area contributed by atoms with E-state index in [-0.39, 0.29) is 18.6 Å². The summed E-state index contributed by atoms with van der Waals surface area (Å²) in [5.74, 6) is -11.6. The molecule has 184 valence electrons. The van der Waals surface area contributed by atoms with Gasteiger partial charge in [0.2, 0.25) is 0 Å². The fourth-order valence-electron chi connectivity index (χ4n) is 4.25. The van der Waals surface area contributed by atoms with Gasteiger partial charge in [0.05, 0.1) is 22.3 Å².